The number of rotatable bonds is 16. The lowest BCUT2D eigenvalue weighted by Gasteiger charge is -2.37. The summed E-state index contributed by atoms with van der Waals surface area (Å²) in [5.41, 5.74) is 7.00. The quantitative estimate of drug-likeness (QED) is 0.112. The maximum atomic E-state index is 14.9. The number of hydrogen-bond acceptors (Lipinski definition) is 12. The maximum Gasteiger partial charge on any atom is 0.326 e. The number of likely N-dealkylation sites (tertiary alicyclic amines) is 1. The average molecular weight is 1050 g/mol. The molecule has 2 heterocycles. The zero-order valence-corrected chi connectivity index (χ0v) is 44.2. The Balaban J connectivity index is 1.49. The molecule has 2 aliphatic heterocycles. The minimum atomic E-state index is -1.62. The molecule has 0 aromatic heterocycles. The predicted octanol–water partition coefficient (Wildman–Crippen LogP) is 3.31. The van der Waals surface area contributed by atoms with Gasteiger partial charge in [0.1, 0.15) is 48.0 Å². The van der Waals surface area contributed by atoms with Gasteiger partial charge in [-0.1, -0.05) is 124 Å². The van der Waals surface area contributed by atoms with Crippen LogP contribution in [-0.2, 0) is 56.0 Å². The van der Waals surface area contributed by atoms with Crippen LogP contribution < -0.4 is 42.4 Å². The Hall–Kier alpha value is -5.83. The summed E-state index contributed by atoms with van der Waals surface area (Å²) >= 11 is 0. The number of nitrogens with two attached hydrogens (primary N) is 1. The van der Waals surface area contributed by atoms with Gasteiger partial charge in [0.05, 0.1) is 13.0 Å². The monoisotopic (exact) mass is 1050 g/mol. The summed E-state index contributed by atoms with van der Waals surface area (Å²) in [6.07, 6.45) is 4.72. The topological polar surface area (TPSA) is 285 Å². The van der Waals surface area contributed by atoms with E-state index in [1.807, 2.05) is 26.8 Å². The summed E-state index contributed by atoms with van der Waals surface area (Å²) in [6, 6.07) is 6.92. The number of carboxylic acid groups (broad SMARTS) is 1. The zero-order chi connectivity index (χ0) is 53.2. The zero-order valence-electron chi connectivity index (χ0n) is 42.6. The molecule has 2 aromatic carbocycles. The number of aliphatic carboxylic acids is 1. The molecule has 1 aliphatic carbocycles. The number of carbonyl (C=O) groups is 9. The first-order valence-corrected chi connectivity index (χ1v) is 27.9. The number of nitrogens with one attached hydrogen (secondary N) is 6. The molecular formula is C52H74N8O11S2. The van der Waals surface area contributed by atoms with Crippen LogP contribution in [0.2, 0.25) is 0 Å². The van der Waals surface area contributed by atoms with Crippen LogP contribution in [0.15, 0.2) is 54.6 Å². The molecule has 2 aromatic rings. The Morgan fingerprint density at radius 2 is 1.40 bits per heavy atom. The summed E-state index contributed by atoms with van der Waals surface area (Å²) in [5.74, 6) is -7.31. The summed E-state index contributed by atoms with van der Waals surface area (Å²) < 4.78 is 4.85. The molecule has 5 rings (SSSR count). The van der Waals surface area contributed by atoms with E-state index in [1.54, 1.807) is 62.4 Å². The van der Waals surface area contributed by atoms with E-state index in [2.05, 4.69) is 31.9 Å². The Bertz CT molecular complexity index is 2250. The first-order chi connectivity index (χ1) is 34.9. The highest BCUT2D eigenvalue weighted by atomic mass is 33.1. The van der Waals surface area contributed by atoms with Crippen molar-refractivity contribution in [2.24, 2.45) is 17.6 Å². The lowest BCUT2D eigenvalue weighted by atomic mass is 9.85. The van der Waals surface area contributed by atoms with Crippen LogP contribution in [0.1, 0.15) is 116 Å². The van der Waals surface area contributed by atoms with Crippen molar-refractivity contribution in [1.29, 1.82) is 0 Å². The van der Waals surface area contributed by atoms with Gasteiger partial charge in [0.2, 0.25) is 47.3 Å². The van der Waals surface area contributed by atoms with Crippen molar-refractivity contribution in [1.82, 2.24) is 36.8 Å². The van der Waals surface area contributed by atoms with Gasteiger partial charge in [-0.25, -0.2) is 4.79 Å². The lowest BCUT2D eigenvalue weighted by molar-refractivity contribution is -0.144. The third-order valence-electron chi connectivity index (χ3n) is 14.0. The van der Waals surface area contributed by atoms with Crippen LogP contribution >= 0.6 is 21.6 Å². The van der Waals surface area contributed by atoms with Crippen LogP contribution in [0.4, 0.5) is 0 Å². The molecule has 9 N–H and O–H groups in total. The molecule has 400 valence electrons. The normalized spacial score (nSPS) is 24.8. The number of ether oxygens (including phenoxy) is 1. The Morgan fingerprint density at radius 1 is 0.781 bits per heavy atom. The van der Waals surface area contributed by atoms with Crippen molar-refractivity contribution >= 4 is 74.8 Å². The van der Waals surface area contributed by atoms with E-state index >= 15 is 0 Å². The standard InChI is InChI=1S/C52H74N8O11S2/c1-6-31(4)43-48(66)54-36(26-33-16-11-9-12-17-33)46(64)59-44(32(5)7-2)49(67)55-37(28-41(53)61)45(63)57-39(30-72-73-52(29-42(62)58-43)23-13-10-14-24-52)50(68)60-25-15-18-40(60)47(65)56-38(51(69)70)27-34-19-21-35(22-20-34)71-8-3/h9,11-12,16-17,19-22,31-32,36-40,43-44H,6-8,10,13-15,18,23-30H2,1-5H3,(H2,53,61)(H,54,66)(H,55,67)(H,56,65)(H,57,63)(H,58,62)(H,59,64)(H,69,70)/t31-,32+,36+,37+,38+,39+,40+,43-,44+/m1/s1. The Kier molecular flexibility index (Phi) is 22.3. The van der Waals surface area contributed by atoms with Gasteiger partial charge in [0.15, 0.2) is 0 Å². The van der Waals surface area contributed by atoms with E-state index in [1.165, 1.54) is 26.5 Å². The smallest absolute Gasteiger partial charge is 0.326 e. The molecule has 3 fully saturated rings. The molecule has 3 aliphatic rings. The molecule has 1 saturated carbocycles. The molecule has 2 saturated heterocycles. The number of primary amides is 1. The van der Waals surface area contributed by atoms with Gasteiger partial charge in [0.25, 0.3) is 0 Å². The van der Waals surface area contributed by atoms with Gasteiger partial charge in [-0.05, 0) is 67.7 Å². The summed E-state index contributed by atoms with van der Waals surface area (Å²) in [5, 5.41) is 26.8. The Labute approximate surface area is 435 Å². The fraction of sp³-hybridized carbons (Fsp3) is 0.596. The van der Waals surface area contributed by atoms with E-state index in [0.717, 1.165) is 19.3 Å². The van der Waals surface area contributed by atoms with E-state index in [9.17, 15) is 48.3 Å². The number of carbonyl (C=O) groups excluding carboxylic acids is 8. The molecule has 1 spiro atoms. The van der Waals surface area contributed by atoms with Gasteiger partial charge in [-0.3, -0.25) is 38.4 Å². The highest BCUT2D eigenvalue weighted by molar-refractivity contribution is 8.77. The fourth-order valence-electron chi connectivity index (χ4n) is 9.42. The number of amides is 8. The van der Waals surface area contributed by atoms with Crippen LogP contribution in [0.5, 0.6) is 5.75 Å². The minimum absolute atomic E-state index is 0.0306. The number of benzene rings is 2. The van der Waals surface area contributed by atoms with Crippen LogP contribution in [0, 0.1) is 11.8 Å². The predicted molar refractivity (Wildman–Crippen MR) is 279 cm³/mol. The minimum Gasteiger partial charge on any atom is -0.494 e. The van der Waals surface area contributed by atoms with Crippen LogP contribution in [0.3, 0.4) is 0 Å². The first-order valence-electron chi connectivity index (χ1n) is 25.6. The van der Waals surface area contributed by atoms with Crippen LogP contribution in [-0.4, -0.2) is 129 Å². The van der Waals surface area contributed by atoms with Crippen molar-refractivity contribution in [2.75, 3.05) is 18.9 Å². The third kappa shape index (κ3) is 16.8. The third-order valence-corrected chi connectivity index (χ3v) is 17.3. The van der Waals surface area contributed by atoms with E-state index < -0.39 is 107 Å². The molecule has 19 nitrogen and oxygen atoms in total. The van der Waals surface area contributed by atoms with Crippen molar-refractivity contribution in [3.05, 3.63) is 65.7 Å². The highest BCUT2D eigenvalue weighted by Gasteiger charge is 2.43. The second-order valence-electron chi connectivity index (χ2n) is 19.5. The number of carboxylic acids is 1. The molecule has 8 amide bonds. The average Bonchev–Trinajstić information content (AvgIpc) is 3.87. The molecule has 9 atom stereocenters. The molecule has 21 heteroatoms. The van der Waals surface area contributed by atoms with Crippen molar-refractivity contribution in [2.45, 2.75) is 165 Å². The largest absolute Gasteiger partial charge is 0.494 e. The second-order valence-corrected chi connectivity index (χ2v) is 22.3. The maximum absolute atomic E-state index is 14.9. The molecule has 0 radical (unpaired) electrons. The fourth-order valence-corrected chi connectivity index (χ4v) is 12.8. The SMILES string of the molecule is CCOc1ccc(C[C@H](NC(=O)[C@@H]2CCCN2C(=O)[C@@H]2CSSC3(CCCCC3)CC(=O)N[C@H]([C@H](C)CC)C(=O)N[C@@H](Cc3ccccc3)C(=O)N[C@@H]([C@@H](C)CC)C(=O)N[C@@H](CC(N)=O)C(=O)N2)C(=O)O)cc1. The lowest BCUT2D eigenvalue weighted by Crippen LogP contribution is -2.62. The van der Waals surface area contributed by atoms with Gasteiger partial charge in [-0.15, -0.1) is 0 Å². The summed E-state index contributed by atoms with van der Waals surface area (Å²) in [4.78, 5) is 127. The van der Waals surface area contributed by atoms with Crippen molar-refractivity contribution in [3.63, 3.8) is 0 Å². The number of hydrogen-bond donors (Lipinski definition) is 8. The molecule has 73 heavy (non-hydrogen) atoms. The van der Waals surface area contributed by atoms with Gasteiger partial charge in [-0.2, -0.15) is 0 Å². The molecular weight excluding hydrogens is 977 g/mol. The van der Waals surface area contributed by atoms with Gasteiger partial charge >= 0.3 is 5.97 Å². The van der Waals surface area contributed by atoms with Gasteiger partial charge < -0.3 is 52.4 Å². The Morgan fingerprint density at radius 3 is 2.00 bits per heavy atom. The van der Waals surface area contributed by atoms with Crippen molar-refractivity contribution in [3.8, 4) is 5.75 Å². The van der Waals surface area contributed by atoms with Crippen LogP contribution in [0.25, 0.3) is 0 Å². The highest BCUT2D eigenvalue weighted by Crippen LogP contribution is 2.48. The van der Waals surface area contributed by atoms with E-state index in [4.69, 9.17) is 10.5 Å². The van der Waals surface area contributed by atoms with E-state index in [0.29, 0.717) is 55.6 Å². The second kappa shape index (κ2) is 28.0. The van der Waals surface area contributed by atoms with Gasteiger partial charge in [0, 0.05) is 36.3 Å². The molecule has 0 unspecified atom stereocenters. The summed E-state index contributed by atoms with van der Waals surface area (Å²) in [7, 11) is 2.66. The molecule has 0 bridgehead atoms. The van der Waals surface area contributed by atoms with Crippen molar-refractivity contribution < 1.29 is 53.0 Å². The van der Waals surface area contributed by atoms with E-state index in [-0.39, 0.29) is 49.8 Å². The summed E-state index contributed by atoms with van der Waals surface area (Å²) in [6.45, 7) is 9.66. The number of nitrogens with zero attached hydrogens (tertiary/aromatic N) is 1. The first kappa shape index (κ1) is 58.1.